The van der Waals surface area contributed by atoms with Crippen molar-refractivity contribution in [3.05, 3.63) is 29.8 Å². The van der Waals surface area contributed by atoms with E-state index in [-0.39, 0.29) is 0 Å². The minimum Gasteiger partial charge on any atom is -0.497 e. The van der Waals surface area contributed by atoms with Crippen molar-refractivity contribution in [3.63, 3.8) is 0 Å². The van der Waals surface area contributed by atoms with Gasteiger partial charge in [0.2, 0.25) is 0 Å². The van der Waals surface area contributed by atoms with Gasteiger partial charge in [-0.15, -0.1) is 0 Å². The summed E-state index contributed by atoms with van der Waals surface area (Å²) in [5, 5.41) is 0. The molecule has 1 aromatic carbocycles. The molecule has 1 aliphatic heterocycles. The Kier molecular flexibility index (Phi) is 4.83. The summed E-state index contributed by atoms with van der Waals surface area (Å²) in [6, 6.07) is 9.61. The van der Waals surface area contributed by atoms with Crippen molar-refractivity contribution < 1.29 is 4.74 Å². The monoisotopic (exact) mass is 262 g/mol. The Hall–Kier alpha value is -1.06. The van der Waals surface area contributed by atoms with Gasteiger partial charge in [0, 0.05) is 18.6 Å². The molecular weight excluding hydrogens is 236 g/mol. The summed E-state index contributed by atoms with van der Waals surface area (Å²) in [6.45, 7) is 6.52. The normalized spacial score (nSPS) is 25.5. The van der Waals surface area contributed by atoms with Crippen LogP contribution in [0.3, 0.4) is 0 Å². The van der Waals surface area contributed by atoms with Crippen LogP contribution in [-0.4, -0.2) is 31.1 Å². The first-order chi connectivity index (χ1) is 9.19. The Morgan fingerprint density at radius 2 is 2.05 bits per heavy atom. The lowest BCUT2D eigenvalue weighted by molar-refractivity contribution is 0.182. The van der Waals surface area contributed by atoms with E-state index in [0.29, 0.717) is 18.0 Å². The smallest absolute Gasteiger partial charge is 0.118 e. The zero-order valence-electron chi connectivity index (χ0n) is 12.3. The number of rotatable bonds is 5. The maximum atomic E-state index is 5.83. The molecule has 2 rings (SSSR count). The number of ether oxygens (including phenoxy) is 1. The van der Waals surface area contributed by atoms with E-state index in [1.54, 1.807) is 7.11 Å². The third kappa shape index (κ3) is 3.10. The summed E-state index contributed by atoms with van der Waals surface area (Å²) in [5.41, 5.74) is 7.22. The minimum atomic E-state index is 0.498. The fraction of sp³-hybridized carbons (Fsp3) is 0.625. The topological polar surface area (TPSA) is 38.5 Å². The summed E-state index contributed by atoms with van der Waals surface area (Å²) in [4.78, 5) is 2.61. The van der Waals surface area contributed by atoms with Gasteiger partial charge in [-0.1, -0.05) is 19.1 Å². The van der Waals surface area contributed by atoms with E-state index in [4.69, 9.17) is 10.5 Å². The molecule has 1 aromatic rings. The molecule has 1 fully saturated rings. The van der Waals surface area contributed by atoms with Crippen molar-refractivity contribution in [2.75, 3.05) is 20.2 Å². The summed E-state index contributed by atoms with van der Waals surface area (Å²) in [7, 11) is 1.71. The van der Waals surface area contributed by atoms with Crippen LogP contribution in [0.4, 0.5) is 0 Å². The van der Waals surface area contributed by atoms with E-state index in [9.17, 15) is 0 Å². The molecule has 2 N–H and O–H groups in total. The van der Waals surface area contributed by atoms with Crippen LogP contribution in [-0.2, 0) is 0 Å². The number of likely N-dealkylation sites (tertiary alicyclic amines) is 1. The molecule has 0 aromatic heterocycles. The van der Waals surface area contributed by atoms with Crippen molar-refractivity contribution in [3.8, 4) is 5.75 Å². The van der Waals surface area contributed by atoms with E-state index < -0.39 is 0 Å². The van der Waals surface area contributed by atoms with Crippen molar-refractivity contribution in [1.82, 2.24) is 4.90 Å². The first kappa shape index (κ1) is 14.4. The van der Waals surface area contributed by atoms with Crippen LogP contribution in [0.2, 0.25) is 0 Å². The van der Waals surface area contributed by atoms with Gasteiger partial charge in [-0.2, -0.15) is 0 Å². The fourth-order valence-electron chi connectivity index (χ4n) is 3.26. The van der Waals surface area contributed by atoms with Crippen LogP contribution < -0.4 is 10.5 Å². The molecule has 106 valence electrons. The predicted molar refractivity (Wildman–Crippen MR) is 79.4 cm³/mol. The second kappa shape index (κ2) is 6.40. The number of nitrogens with zero attached hydrogens (tertiary/aromatic N) is 1. The summed E-state index contributed by atoms with van der Waals surface area (Å²) in [6.07, 6.45) is 2.36. The number of benzene rings is 1. The fourth-order valence-corrected chi connectivity index (χ4v) is 3.26. The van der Waals surface area contributed by atoms with Gasteiger partial charge in [0.05, 0.1) is 7.11 Å². The predicted octanol–water partition coefficient (Wildman–Crippen LogP) is 2.82. The Bertz CT molecular complexity index is 390. The van der Waals surface area contributed by atoms with Crippen LogP contribution in [0, 0.1) is 5.92 Å². The van der Waals surface area contributed by atoms with Crippen LogP contribution in [0.15, 0.2) is 24.3 Å². The molecule has 19 heavy (non-hydrogen) atoms. The minimum absolute atomic E-state index is 0.498. The molecule has 0 amide bonds. The molecule has 0 aliphatic carbocycles. The lowest BCUT2D eigenvalue weighted by atomic mass is 10.0. The van der Waals surface area contributed by atoms with Crippen molar-refractivity contribution in [1.29, 1.82) is 0 Å². The highest BCUT2D eigenvalue weighted by atomic mass is 16.5. The molecule has 3 nitrogen and oxygen atoms in total. The van der Waals surface area contributed by atoms with Crippen molar-refractivity contribution >= 4 is 0 Å². The Morgan fingerprint density at radius 3 is 2.53 bits per heavy atom. The second-order valence-corrected chi connectivity index (χ2v) is 5.58. The van der Waals surface area contributed by atoms with Crippen LogP contribution in [0.1, 0.15) is 38.3 Å². The average Bonchev–Trinajstić information content (AvgIpc) is 2.82. The SMILES string of the molecule is CCC(c1ccc(OC)cc1)N1CC(CN)CC1C. The zero-order valence-corrected chi connectivity index (χ0v) is 12.3. The highest BCUT2D eigenvalue weighted by molar-refractivity contribution is 5.29. The lowest BCUT2D eigenvalue weighted by Crippen LogP contribution is -2.32. The molecule has 0 saturated carbocycles. The second-order valence-electron chi connectivity index (χ2n) is 5.58. The summed E-state index contributed by atoms with van der Waals surface area (Å²) >= 11 is 0. The third-order valence-corrected chi connectivity index (χ3v) is 4.33. The van der Waals surface area contributed by atoms with Gasteiger partial charge in [-0.05, 0) is 49.9 Å². The highest BCUT2D eigenvalue weighted by Gasteiger charge is 2.32. The van der Waals surface area contributed by atoms with Gasteiger partial charge in [0.15, 0.2) is 0 Å². The Balaban J connectivity index is 2.14. The van der Waals surface area contributed by atoms with Crippen molar-refractivity contribution in [2.45, 2.75) is 38.8 Å². The third-order valence-electron chi connectivity index (χ3n) is 4.33. The molecule has 0 radical (unpaired) electrons. The largest absolute Gasteiger partial charge is 0.497 e. The number of hydrogen-bond donors (Lipinski definition) is 1. The highest BCUT2D eigenvalue weighted by Crippen LogP contribution is 2.34. The van der Waals surface area contributed by atoms with E-state index in [1.165, 1.54) is 12.0 Å². The lowest BCUT2D eigenvalue weighted by Gasteiger charge is -2.31. The summed E-state index contributed by atoms with van der Waals surface area (Å²) in [5.74, 6) is 1.58. The van der Waals surface area contributed by atoms with Crippen LogP contribution >= 0.6 is 0 Å². The number of nitrogens with two attached hydrogens (primary N) is 1. The molecule has 3 atom stereocenters. The molecule has 3 unspecified atom stereocenters. The van der Waals surface area contributed by atoms with E-state index in [1.807, 2.05) is 0 Å². The van der Waals surface area contributed by atoms with Gasteiger partial charge >= 0.3 is 0 Å². The quantitative estimate of drug-likeness (QED) is 0.887. The zero-order chi connectivity index (χ0) is 13.8. The number of hydrogen-bond acceptors (Lipinski definition) is 3. The van der Waals surface area contributed by atoms with Gasteiger partial charge in [0.1, 0.15) is 5.75 Å². The van der Waals surface area contributed by atoms with E-state index >= 15 is 0 Å². The van der Waals surface area contributed by atoms with Gasteiger partial charge in [0.25, 0.3) is 0 Å². The maximum absolute atomic E-state index is 5.83. The standard InChI is InChI=1S/C16H26N2O/c1-4-16(14-5-7-15(19-3)8-6-14)18-11-13(10-17)9-12(18)2/h5-8,12-13,16H,4,9-11,17H2,1-3H3. The molecule has 1 saturated heterocycles. The van der Waals surface area contributed by atoms with Crippen molar-refractivity contribution in [2.24, 2.45) is 11.7 Å². The summed E-state index contributed by atoms with van der Waals surface area (Å²) < 4.78 is 5.23. The molecule has 1 aliphatic rings. The Labute approximate surface area is 116 Å². The average molecular weight is 262 g/mol. The van der Waals surface area contributed by atoms with E-state index in [0.717, 1.165) is 25.3 Å². The van der Waals surface area contributed by atoms with Gasteiger partial charge < -0.3 is 10.5 Å². The number of methoxy groups -OCH3 is 1. The van der Waals surface area contributed by atoms with Gasteiger partial charge in [-0.3, -0.25) is 4.90 Å². The maximum Gasteiger partial charge on any atom is 0.118 e. The van der Waals surface area contributed by atoms with Crippen LogP contribution in [0.5, 0.6) is 5.75 Å². The molecule has 0 bridgehead atoms. The molecule has 3 heteroatoms. The van der Waals surface area contributed by atoms with Crippen LogP contribution in [0.25, 0.3) is 0 Å². The first-order valence-corrected chi connectivity index (χ1v) is 7.29. The van der Waals surface area contributed by atoms with Gasteiger partial charge in [-0.25, -0.2) is 0 Å². The molecule has 1 heterocycles. The Morgan fingerprint density at radius 1 is 1.37 bits per heavy atom. The first-order valence-electron chi connectivity index (χ1n) is 7.29. The molecule has 0 spiro atoms. The molecular formula is C16H26N2O. The van der Waals surface area contributed by atoms with E-state index in [2.05, 4.69) is 43.0 Å².